The Hall–Kier alpha value is -2.54. The van der Waals surface area contributed by atoms with Gasteiger partial charge in [-0.1, -0.05) is 6.42 Å². The summed E-state index contributed by atoms with van der Waals surface area (Å²) in [5.41, 5.74) is 0. The maximum Gasteiger partial charge on any atom is 0.471 e. The summed E-state index contributed by atoms with van der Waals surface area (Å²) < 4.78 is 71.8. The molecule has 1 atom stereocenters. The molecule has 0 saturated carbocycles. The zero-order valence-electron chi connectivity index (χ0n) is 15.8. The minimum atomic E-state index is -5.00. The van der Waals surface area contributed by atoms with Crippen molar-refractivity contribution in [1.82, 2.24) is 16.0 Å². The van der Waals surface area contributed by atoms with Crippen LogP contribution in [0.15, 0.2) is 0 Å². The van der Waals surface area contributed by atoms with Gasteiger partial charge in [0.05, 0.1) is 0 Å². The number of hydrogen-bond acceptors (Lipinski definition) is 4. The van der Waals surface area contributed by atoms with E-state index in [4.69, 9.17) is 5.11 Å². The molecule has 0 rings (SSSR count). The lowest BCUT2D eigenvalue weighted by molar-refractivity contribution is -0.173. The van der Waals surface area contributed by atoms with Gasteiger partial charge in [0.1, 0.15) is 6.04 Å². The molecule has 8 nitrogen and oxygen atoms in total. The van der Waals surface area contributed by atoms with Crippen molar-refractivity contribution in [3.63, 3.8) is 0 Å². The first kappa shape index (κ1) is 27.5. The van der Waals surface area contributed by atoms with E-state index in [-0.39, 0.29) is 51.6 Å². The van der Waals surface area contributed by atoms with E-state index in [0.717, 1.165) is 0 Å². The molecule has 1 unspecified atom stereocenters. The molecule has 0 aliphatic carbocycles. The summed E-state index contributed by atoms with van der Waals surface area (Å²) in [5, 5.41) is 14.6. The number of carbonyl (C=O) groups excluding carboxylic acids is 3. The van der Waals surface area contributed by atoms with Crippen LogP contribution in [0, 0.1) is 0 Å². The van der Waals surface area contributed by atoms with E-state index in [9.17, 15) is 45.5 Å². The van der Waals surface area contributed by atoms with Crippen LogP contribution in [0.1, 0.15) is 44.9 Å². The van der Waals surface area contributed by atoms with Gasteiger partial charge >= 0.3 is 30.1 Å². The summed E-state index contributed by atoms with van der Waals surface area (Å²) in [6, 6.07) is -1.26. The van der Waals surface area contributed by atoms with Crippen LogP contribution in [0.4, 0.5) is 26.3 Å². The summed E-state index contributed by atoms with van der Waals surface area (Å²) in [5.74, 6) is -6.09. The van der Waals surface area contributed by atoms with Crippen molar-refractivity contribution in [1.29, 1.82) is 0 Å². The third-order valence-corrected chi connectivity index (χ3v) is 3.72. The van der Waals surface area contributed by atoms with Crippen LogP contribution in [0.3, 0.4) is 0 Å². The molecule has 14 heteroatoms. The fraction of sp³-hybridized carbons (Fsp3) is 0.750. The number of unbranched alkanes of at least 4 members (excludes halogenated alkanes) is 3. The van der Waals surface area contributed by atoms with Gasteiger partial charge in [-0.2, -0.15) is 26.3 Å². The molecule has 174 valence electrons. The standard InChI is InChI=1S/C16H23F6N3O5/c17-15(18,19)13(29)23-8-4-1-2-7-11(26)25-10(12(27)28)6-3-5-9-24-14(30)16(20,21)22/h10H,1-9H2,(H,23,29)(H,24,30)(H,25,26)(H,27,28). The first-order chi connectivity index (χ1) is 13.7. The second kappa shape index (κ2) is 12.9. The average Bonchev–Trinajstić information content (AvgIpc) is 2.60. The van der Waals surface area contributed by atoms with Crippen molar-refractivity contribution < 1.29 is 50.6 Å². The monoisotopic (exact) mass is 451 g/mol. The smallest absolute Gasteiger partial charge is 0.471 e. The van der Waals surface area contributed by atoms with Crippen molar-refractivity contribution in [3.8, 4) is 0 Å². The van der Waals surface area contributed by atoms with Gasteiger partial charge in [0.15, 0.2) is 0 Å². The number of carboxylic acids is 1. The first-order valence-corrected chi connectivity index (χ1v) is 8.97. The molecular weight excluding hydrogens is 428 g/mol. The first-order valence-electron chi connectivity index (χ1n) is 8.97. The van der Waals surface area contributed by atoms with Crippen LogP contribution in [0.2, 0.25) is 0 Å². The highest BCUT2D eigenvalue weighted by molar-refractivity contribution is 5.83. The minimum absolute atomic E-state index is 0.0631. The Morgan fingerprint density at radius 1 is 0.733 bits per heavy atom. The van der Waals surface area contributed by atoms with Gasteiger partial charge in [-0.25, -0.2) is 4.79 Å². The molecule has 0 aromatic carbocycles. The van der Waals surface area contributed by atoms with Gasteiger partial charge in [0.2, 0.25) is 5.91 Å². The van der Waals surface area contributed by atoms with Crippen molar-refractivity contribution in [2.24, 2.45) is 0 Å². The van der Waals surface area contributed by atoms with E-state index in [2.05, 4.69) is 5.32 Å². The molecule has 30 heavy (non-hydrogen) atoms. The number of carbonyl (C=O) groups is 4. The predicted molar refractivity (Wildman–Crippen MR) is 90.0 cm³/mol. The molecule has 0 fully saturated rings. The summed E-state index contributed by atoms with van der Waals surface area (Å²) in [7, 11) is 0. The molecule has 0 aliphatic heterocycles. The zero-order chi connectivity index (χ0) is 23.4. The van der Waals surface area contributed by atoms with Gasteiger partial charge in [-0.15, -0.1) is 0 Å². The van der Waals surface area contributed by atoms with Crippen LogP contribution in [0.25, 0.3) is 0 Å². The number of nitrogens with one attached hydrogen (secondary N) is 3. The lowest BCUT2D eigenvalue weighted by Crippen LogP contribution is -2.41. The summed E-state index contributed by atoms with van der Waals surface area (Å²) in [4.78, 5) is 44.0. The topological polar surface area (TPSA) is 125 Å². The van der Waals surface area contributed by atoms with Gasteiger partial charge in [-0.3, -0.25) is 14.4 Å². The van der Waals surface area contributed by atoms with E-state index in [1.54, 1.807) is 10.6 Å². The van der Waals surface area contributed by atoms with Gasteiger partial charge in [-0.05, 0) is 32.1 Å². The van der Waals surface area contributed by atoms with Gasteiger partial charge in [0.25, 0.3) is 0 Å². The van der Waals surface area contributed by atoms with Gasteiger partial charge < -0.3 is 21.1 Å². The number of aliphatic carboxylic acids is 1. The Morgan fingerprint density at radius 3 is 1.63 bits per heavy atom. The number of alkyl halides is 6. The van der Waals surface area contributed by atoms with E-state index in [1.165, 1.54) is 0 Å². The van der Waals surface area contributed by atoms with Crippen LogP contribution in [-0.4, -0.2) is 60.3 Å². The highest BCUT2D eigenvalue weighted by Crippen LogP contribution is 2.15. The highest BCUT2D eigenvalue weighted by atomic mass is 19.4. The lowest BCUT2D eigenvalue weighted by atomic mass is 10.1. The fourth-order valence-electron chi connectivity index (χ4n) is 2.19. The maximum atomic E-state index is 12.0. The number of hydrogen-bond donors (Lipinski definition) is 4. The Balaban J connectivity index is 4.00. The third-order valence-electron chi connectivity index (χ3n) is 3.72. The van der Waals surface area contributed by atoms with Crippen LogP contribution >= 0.6 is 0 Å². The summed E-state index contributed by atoms with van der Waals surface area (Å²) >= 11 is 0. The molecule has 0 aliphatic rings. The molecule has 0 aromatic rings. The molecule has 3 amide bonds. The van der Waals surface area contributed by atoms with Crippen LogP contribution in [-0.2, 0) is 19.2 Å². The van der Waals surface area contributed by atoms with Crippen molar-refractivity contribution >= 4 is 23.7 Å². The number of amides is 3. The van der Waals surface area contributed by atoms with E-state index < -0.39 is 42.1 Å². The van der Waals surface area contributed by atoms with Crippen LogP contribution < -0.4 is 16.0 Å². The minimum Gasteiger partial charge on any atom is -0.480 e. The summed E-state index contributed by atoms with van der Waals surface area (Å²) in [6.45, 7) is -0.522. The Kier molecular flexibility index (Phi) is 11.8. The van der Waals surface area contributed by atoms with Gasteiger partial charge in [0, 0.05) is 19.5 Å². The SMILES string of the molecule is O=C(CCCCCNC(=O)C(F)(F)F)NC(CCCCNC(=O)C(F)(F)F)C(=O)O. The average molecular weight is 451 g/mol. The van der Waals surface area contributed by atoms with Crippen molar-refractivity contribution in [2.45, 2.75) is 63.3 Å². The van der Waals surface area contributed by atoms with E-state index in [1.807, 2.05) is 0 Å². The molecule has 4 N–H and O–H groups in total. The lowest BCUT2D eigenvalue weighted by Gasteiger charge is -2.15. The zero-order valence-corrected chi connectivity index (χ0v) is 15.8. The highest BCUT2D eigenvalue weighted by Gasteiger charge is 2.38. The molecular formula is C16H23F6N3O5. The second-order valence-corrected chi connectivity index (χ2v) is 6.27. The molecule has 0 heterocycles. The Bertz CT molecular complexity index is 595. The Morgan fingerprint density at radius 2 is 1.20 bits per heavy atom. The fourth-order valence-corrected chi connectivity index (χ4v) is 2.19. The number of carboxylic acid groups (broad SMARTS) is 1. The van der Waals surface area contributed by atoms with Crippen molar-refractivity contribution in [2.75, 3.05) is 13.1 Å². The Labute approximate surface area is 167 Å². The number of rotatable bonds is 13. The number of halogens is 6. The molecule has 0 aromatic heterocycles. The normalized spacial score (nSPS) is 12.7. The summed E-state index contributed by atoms with van der Waals surface area (Å²) in [6.07, 6.45) is -9.13. The third kappa shape index (κ3) is 12.8. The largest absolute Gasteiger partial charge is 0.480 e. The van der Waals surface area contributed by atoms with E-state index in [0.29, 0.717) is 6.42 Å². The molecule has 0 radical (unpaired) electrons. The second-order valence-electron chi connectivity index (χ2n) is 6.27. The van der Waals surface area contributed by atoms with Crippen LogP contribution in [0.5, 0.6) is 0 Å². The van der Waals surface area contributed by atoms with E-state index >= 15 is 0 Å². The molecule has 0 spiro atoms. The maximum absolute atomic E-state index is 12.0. The molecule has 0 saturated heterocycles. The predicted octanol–water partition coefficient (Wildman–Crippen LogP) is 1.64. The molecule has 0 bridgehead atoms. The quantitative estimate of drug-likeness (QED) is 0.250. The van der Waals surface area contributed by atoms with Crippen molar-refractivity contribution in [3.05, 3.63) is 0 Å².